The Kier molecular flexibility index (Phi) is 47.4. The molecule has 16 atom stereocenters. The smallest absolute Gasteiger partial charge is 0.234 e. The van der Waals surface area contributed by atoms with E-state index in [1.165, 1.54) is 14.0 Å². The fourth-order valence-corrected chi connectivity index (χ4v) is 12.0. The topological polar surface area (TPSA) is 476 Å². The molecule has 0 saturated carbocycles. The molecule has 0 aromatic rings. The van der Waals surface area contributed by atoms with Gasteiger partial charge in [0.25, 0.3) is 0 Å². The number of rotatable bonds is 57. The molecule has 6 amide bonds. The normalized spacial score (nSPS) is 25.4. The van der Waals surface area contributed by atoms with Crippen molar-refractivity contribution in [3.8, 4) is 0 Å². The second-order valence-electron chi connectivity index (χ2n) is 26.7. The molecule has 32 heteroatoms. The van der Waals surface area contributed by atoms with Gasteiger partial charge < -0.3 is 111 Å². The van der Waals surface area contributed by atoms with Crippen LogP contribution in [0.3, 0.4) is 0 Å². The highest BCUT2D eigenvalue weighted by Crippen LogP contribution is 2.29. The van der Waals surface area contributed by atoms with E-state index in [-0.39, 0.29) is 158 Å². The zero-order valence-electron chi connectivity index (χ0n) is 60.0. The summed E-state index contributed by atoms with van der Waals surface area (Å²) in [6, 6.07) is -1.96. The lowest BCUT2D eigenvalue weighted by Crippen LogP contribution is -2.64. The van der Waals surface area contributed by atoms with Gasteiger partial charge in [-0.3, -0.25) is 48.1 Å². The van der Waals surface area contributed by atoms with Crippen molar-refractivity contribution in [2.24, 2.45) is 11.8 Å². The van der Waals surface area contributed by atoms with Gasteiger partial charge in [-0.05, 0) is 96.3 Å². The van der Waals surface area contributed by atoms with E-state index in [4.69, 9.17) is 33.2 Å². The van der Waals surface area contributed by atoms with E-state index in [9.17, 15) is 89.1 Å². The van der Waals surface area contributed by atoms with Gasteiger partial charge in [0, 0.05) is 130 Å². The molecule has 3 fully saturated rings. The predicted octanol–water partition coefficient (Wildman–Crippen LogP) is -1.12. The summed E-state index contributed by atoms with van der Waals surface area (Å²) in [4.78, 5) is 119. The lowest BCUT2D eigenvalue weighted by molar-refractivity contribution is -0.282. The Hall–Kier alpha value is -4.85. The zero-order chi connectivity index (χ0) is 74.5. The van der Waals surface area contributed by atoms with E-state index in [2.05, 4.69) is 31.9 Å². The van der Waals surface area contributed by atoms with Crippen LogP contribution >= 0.6 is 0 Å². The number of amides is 6. The van der Waals surface area contributed by atoms with Crippen LogP contribution in [0.5, 0.6) is 0 Å². The highest BCUT2D eigenvalue weighted by molar-refractivity contribution is 5.88. The van der Waals surface area contributed by atoms with E-state index >= 15 is 0 Å². The fourth-order valence-electron chi connectivity index (χ4n) is 12.0. The van der Waals surface area contributed by atoms with Crippen LogP contribution in [0.15, 0.2) is 0 Å². The number of carbonyl (C=O) groups excluding carboxylic acids is 9. The largest absolute Gasteiger partial charge is 0.394 e. The predicted molar refractivity (Wildman–Crippen MR) is 364 cm³/mol. The Labute approximate surface area is 594 Å². The van der Waals surface area contributed by atoms with Crippen LogP contribution in [0, 0.1) is 11.8 Å². The monoisotopic (exact) mass is 1450 g/mol. The highest BCUT2D eigenvalue weighted by atomic mass is 16.7. The first-order chi connectivity index (χ1) is 48.5. The summed E-state index contributed by atoms with van der Waals surface area (Å²) < 4.78 is 39.1. The van der Waals surface area contributed by atoms with Gasteiger partial charge in [-0.15, -0.1) is 0 Å². The summed E-state index contributed by atoms with van der Waals surface area (Å²) in [5.41, 5.74) is 0. The number of carbonyl (C=O) groups is 9. The number of hydrogen-bond acceptors (Lipinski definition) is 26. The summed E-state index contributed by atoms with van der Waals surface area (Å²) in [5.74, 6) is -3.20. The minimum Gasteiger partial charge on any atom is -0.394 e. The second kappa shape index (κ2) is 53.0. The minimum absolute atomic E-state index is 0.000279. The number of ketones is 3. The molecule has 0 aromatic heterocycles. The van der Waals surface area contributed by atoms with E-state index in [1.54, 1.807) is 18.7 Å². The van der Waals surface area contributed by atoms with Crippen LogP contribution in [0.4, 0.5) is 0 Å². The summed E-state index contributed by atoms with van der Waals surface area (Å²) >= 11 is 0. The average Bonchev–Trinajstić information content (AvgIpc) is 0.823. The first-order valence-corrected chi connectivity index (χ1v) is 36.6. The third kappa shape index (κ3) is 36.6. The van der Waals surface area contributed by atoms with Crippen LogP contribution in [0.1, 0.15) is 188 Å². The number of hydrogen-bond donors (Lipinski definition) is 15. The number of ether oxygens (including phenoxy) is 7. The molecule has 3 aliphatic rings. The van der Waals surface area contributed by atoms with Crippen molar-refractivity contribution >= 4 is 52.8 Å². The van der Waals surface area contributed by atoms with E-state index < -0.39 is 129 Å². The Bertz CT molecular complexity index is 2380. The first-order valence-electron chi connectivity index (χ1n) is 36.6. The summed E-state index contributed by atoms with van der Waals surface area (Å²) in [6.45, 7) is 4.84. The molecule has 15 N–H and O–H groups in total. The summed E-state index contributed by atoms with van der Waals surface area (Å²) in [7, 11) is 1.51. The van der Waals surface area contributed by atoms with Crippen LogP contribution in [-0.4, -0.2) is 289 Å². The Morgan fingerprint density at radius 1 is 0.396 bits per heavy atom. The van der Waals surface area contributed by atoms with Crippen LogP contribution in [0.2, 0.25) is 0 Å². The average molecular weight is 1450 g/mol. The molecule has 0 aliphatic carbocycles. The summed E-state index contributed by atoms with van der Waals surface area (Å²) in [6.07, 6.45) is -2.98. The molecule has 0 radical (unpaired) electrons. The molecule has 0 bridgehead atoms. The number of aliphatic hydroxyl groups excluding tert-OH is 9. The van der Waals surface area contributed by atoms with Crippen molar-refractivity contribution in [1.82, 2.24) is 36.8 Å². The third-order valence-corrected chi connectivity index (χ3v) is 18.2. The Morgan fingerprint density at radius 2 is 0.782 bits per heavy atom. The molecule has 3 aliphatic heterocycles. The van der Waals surface area contributed by atoms with Crippen molar-refractivity contribution in [2.45, 2.75) is 274 Å². The molecule has 32 nitrogen and oxygen atoms in total. The number of aliphatic hydroxyl groups is 9. The van der Waals surface area contributed by atoms with Gasteiger partial charge in [-0.25, -0.2) is 0 Å². The van der Waals surface area contributed by atoms with Crippen molar-refractivity contribution in [1.29, 1.82) is 0 Å². The van der Waals surface area contributed by atoms with Gasteiger partial charge in [0.05, 0.1) is 57.8 Å². The molecule has 0 spiro atoms. The van der Waals surface area contributed by atoms with Crippen LogP contribution in [0.25, 0.3) is 0 Å². The van der Waals surface area contributed by atoms with Crippen molar-refractivity contribution in [3.63, 3.8) is 0 Å². The quantitative estimate of drug-likeness (QED) is 0.0321. The molecule has 3 heterocycles. The molecule has 7 unspecified atom stereocenters. The molecule has 3 saturated heterocycles. The second-order valence-corrected chi connectivity index (χ2v) is 26.7. The van der Waals surface area contributed by atoms with E-state index in [0.29, 0.717) is 122 Å². The van der Waals surface area contributed by atoms with Crippen molar-refractivity contribution in [3.05, 3.63) is 0 Å². The minimum atomic E-state index is -1.44. The SMILES string of the molecule is COCCC(=O)CCCC(=O)NCCCCC(C(=O)CCCCNC(=O)CCCCCO[C@@H]1OC(CO)[C@H](O)C(O)[C@@H]1C)N(CC(=O)CCCCNC(=O)CCCCCO[C@@H]1OC(CO)[C@H](O)C(O)[C@@H]1NC(C)=O)CC(=O)NCCCNC(=O)CCCCCO[C@@H]1OC(CO)[C@H](O)C(O)[C@@H]1C. The van der Waals surface area contributed by atoms with Gasteiger partial charge in [0.2, 0.25) is 35.4 Å². The number of nitrogens with zero attached hydrogens (tertiary/aromatic N) is 1. The molecule has 3 rings (SSSR count). The maximum absolute atomic E-state index is 14.4. The van der Waals surface area contributed by atoms with Gasteiger partial charge in [0.15, 0.2) is 18.9 Å². The van der Waals surface area contributed by atoms with Gasteiger partial charge in [-0.2, -0.15) is 0 Å². The highest BCUT2D eigenvalue weighted by Gasteiger charge is 2.46. The van der Waals surface area contributed by atoms with Crippen molar-refractivity contribution in [2.75, 3.05) is 99.2 Å². The molecule has 584 valence electrons. The lowest BCUT2D eigenvalue weighted by Gasteiger charge is -2.42. The van der Waals surface area contributed by atoms with E-state index in [1.807, 2.05) is 0 Å². The standard InChI is InChI=1S/C69H123N7O25/c1-45-61(89)63(91)52(42-77)99-67(45)96-36-17-5-8-26-56(85)71-33-16-13-25-51(83)50(24-12-15-32-72-58(87)29-20-23-48(81)30-39-95-4)76(41-59(88)74-35-21-34-73-57(86)28-9-6-18-37-97-68-46(2)62(90)64(92)53(43-78)100-68)40-49(82)22-11-14-31-70-55(84)27-10-7-19-38-98-69-60(75-47(3)80)66(94)65(93)54(44-79)101-69/h45-46,50,52-54,60-69,77-79,89-94H,5-44H2,1-4H3,(H,70,84)(H,71,85)(H,72,87)(H,73,86)(H,74,88)(H,75,80)/t45-,46-,50?,52?,53?,54?,60-,61?,62?,63-,64-,65-,66?,67+,68+,69+/m0/s1. The molecular formula is C69H123N7O25. The van der Waals surface area contributed by atoms with Gasteiger partial charge in [0.1, 0.15) is 66.1 Å². The third-order valence-electron chi connectivity index (χ3n) is 18.2. The Balaban J connectivity index is 1.57. The molecule has 0 aromatic carbocycles. The number of Topliss-reactive ketones (excluding diaryl/α,β-unsaturated/α-hetero) is 3. The van der Waals surface area contributed by atoms with E-state index in [0.717, 1.165) is 0 Å². The molecule has 101 heavy (non-hydrogen) atoms. The van der Waals surface area contributed by atoms with Gasteiger partial charge in [-0.1, -0.05) is 33.1 Å². The number of unbranched alkanes of at least 4 members (excludes halogenated alkanes) is 9. The van der Waals surface area contributed by atoms with Crippen LogP contribution in [-0.2, 0) is 76.3 Å². The summed E-state index contributed by atoms with van der Waals surface area (Å²) in [5, 5.41) is 107. The fraction of sp³-hybridized carbons (Fsp3) is 0.870. The Morgan fingerprint density at radius 3 is 1.24 bits per heavy atom. The number of methoxy groups -OCH3 is 1. The first kappa shape index (κ1) is 90.4. The van der Waals surface area contributed by atoms with Gasteiger partial charge >= 0.3 is 0 Å². The van der Waals surface area contributed by atoms with Crippen LogP contribution < -0.4 is 31.9 Å². The lowest BCUT2D eigenvalue weighted by atomic mass is 9.92. The zero-order valence-corrected chi connectivity index (χ0v) is 60.0. The van der Waals surface area contributed by atoms with Crippen molar-refractivity contribution < 1.29 is 122 Å². The number of nitrogens with one attached hydrogen (secondary N) is 6. The maximum Gasteiger partial charge on any atom is 0.234 e. The molecular weight excluding hydrogens is 1330 g/mol. The maximum atomic E-state index is 14.4.